The maximum Gasteiger partial charge on any atom is 0.337 e. The number of carbonyl (C=O) groups is 1. The van der Waals surface area contributed by atoms with Gasteiger partial charge in [-0.25, -0.2) is 4.79 Å². The summed E-state index contributed by atoms with van der Waals surface area (Å²) >= 11 is 0. The number of rotatable bonds is 4. The molecule has 0 aromatic heterocycles. The Balaban J connectivity index is 2.27. The van der Waals surface area contributed by atoms with E-state index in [1.165, 1.54) is 12.7 Å². The first-order valence-corrected chi connectivity index (χ1v) is 6.61. The molecule has 1 N–H and O–H groups in total. The number of hydrogen-bond donors (Lipinski definition) is 1. The van der Waals surface area contributed by atoms with E-state index in [2.05, 4.69) is 11.7 Å². The number of aryl methyl sites for hydroxylation is 1. The van der Waals surface area contributed by atoms with Crippen LogP contribution in [0.15, 0.2) is 48.5 Å². The van der Waals surface area contributed by atoms with Crippen LogP contribution in [0.25, 0.3) is 0 Å². The number of aliphatic hydroxyl groups excluding tert-OH is 1. The molecule has 0 saturated carbocycles. The molecule has 3 nitrogen and oxygen atoms in total. The predicted octanol–water partition coefficient (Wildman–Crippen LogP) is 3.12. The van der Waals surface area contributed by atoms with Crippen molar-refractivity contribution in [2.75, 3.05) is 7.11 Å². The van der Waals surface area contributed by atoms with Crippen LogP contribution in [0.3, 0.4) is 0 Å². The molecule has 0 aliphatic carbocycles. The average molecular weight is 270 g/mol. The molecule has 0 heterocycles. The minimum atomic E-state index is -0.745. The summed E-state index contributed by atoms with van der Waals surface area (Å²) in [6.07, 6.45) is 0.222. The van der Waals surface area contributed by atoms with Crippen molar-refractivity contribution in [3.05, 3.63) is 70.8 Å². The molecule has 0 spiro atoms. The molecular weight excluding hydrogens is 252 g/mol. The first-order valence-electron chi connectivity index (χ1n) is 6.61. The highest BCUT2D eigenvalue weighted by molar-refractivity contribution is 5.89. The normalized spacial score (nSPS) is 11.9. The van der Waals surface area contributed by atoms with E-state index < -0.39 is 12.1 Å². The van der Waals surface area contributed by atoms with E-state index in [0.717, 1.165) is 12.0 Å². The van der Waals surface area contributed by atoms with Crippen LogP contribution in [0.4, 0.5) is 0 Å². The zero-order chi connectivity index (χ0) is 14.5. The number of methoxy groups -OCH3 is 1. The van der Waals surface area contributed by atoms with Crippen molar-refractivity contribution in [3.8, 4) is 0 Å². The molecule has 2 aromatic carbocycles. The van der Waals surface area contributed by atoms with Gasteiger partial charge in [0, 0.05) is 0 Å². The van der Waals surface area contributed by atoms with E-state index in [9.17, 15) is 9.90 Å². The highest BCUT2D eigenvalue weighted by atomic mass is 16.5. The second kappa shape index (κ2) is 6.35. The molecule has 1 atom stereocenters. The van der Waals surface area contributed by atoms with Crippen LogP contribution in [0.5, 0.6) is 0 Å². The van der Waals surface area contributed by atoms with Gasteiger partial charge in [-0.3, -0.25) is 0 Å². The zero-order valence-electron chi connectivity index (χ0n) is 11.7. The van der Waals surface area contributed by atoms with Crippen LogP contribution >= 0.6 is 0 Å². The van der Waals surface area contributed by atoms with E-state index in [4.69, 9.17) is 0 Å². The SMILES string of the molecule is CCc1ccc(C(O)c2cccc(C(=O)OC)c2)cc1. The lowest BCUT2D eigenvalue weighted by molar-refractivity contribution is 0.0600. The third kappa shape index (κ3) is 3.06. The second-order valence-electron chi connectivity index (χ2n) is 4.61. The van der Waals surface area contributed by atoms with Gasteiger partial charge < -0.3 is 9.84 Å². The van der Waals surface area contributed by atoms with Crippen LogP contribution < -0.4 is 0 Å². The van der Waals surface area contributed by atoms with Gasteiger partial charge in [-0.1, -0.05) is 43.3 Å². The molecule has 0 radical (unpaired) electrons. The Morgan fingerprint density at radius 1 is 1.15 bits per heavy atom. The van der Waals surface area contributed by atoms with E-state index in [1.54, 1.807) is 24.3 Å². The van der Waals surface area contributed by atoms with Gasteiger partial charge in [-0.15, -0.1) is 0 Å². The summed E-state index contributed by atoms with van der Waals surface area (Å²) in [4.78, 5) is 11.5. The van der Waals surface area contributed by atoms with Gasteiger partial charge >= 0.3 is 5.97 Å². The van der Waals surface area contributed by atoms with Gasteiger partial charge in [-0.05, 0) is 35.2 Å². The van der Waals surface area contributed by atoms with Gasteiger partial charge in [-0.2, -0.15) is 0 Å². The van der Waals surface area contributed by atoms with E-state index >= 15 is 0 Å². The van der Waals surface area contributed by atoms with E-state index in [0.29, 0.717) is 11.1 Å². The standard InChI is InChI=1S/C17H18O3/c1-3-12-7-9-13(10-8-12)16(18)14-5-4-6-15(11-14)17(19)20-2/h4-11,16,18H,3H2,1-2H3. The molecule has 0 fully saturated rings. The van der Waals surface area contributed by atoms with Crippen LogP contribution in [0, 0.1) is 0 Å². The Bertz CT molecular complexity index is 587. The maximum atomic E-state index is 11.5. The molecule has 0 aliphatic heterocycles. The van der Waals surface area contributed by atoms with Crippen LogP contribution in [0.2, 0.25) is 0 Å². The fourth-order valence-corrected chi connectivity index (χ4v) is 2.08. The average Bonchev–Trinajstić information content (AvgIpc) is 2.53. The molecule has 104 valence electrons. The topological polar surface area (TPSA) is 46.5 Å². The second-order valence-corrected chi connectivity index (χ2v) is 4.61. The summed E-state index contributed by atoms with van der Waals surface area (Å²) in [7, 11) is 1.34. The molecular formula is C17H18O3. The lowest BCUT2D eigenvalue weighted by Gasteiger charge is -2.13. The molecule has 2 aromatic rings. The summed E-state index contributed by atoms with van der Waals surface area (Å²) in [6.45, 7) is 2.09. The zero-order valence-corrected chi connectivity index (χ0v) is 11.7. The highest BCUT2D eigenvalue weighted by Crippen LogP contribution is 2.23. The summed E-state index contributed by atoms with van der Waals surface area (Å²) < 4.78 is 4.69. The molecule has 0 saturated heterocycles. The smallest absolute Gasteiger partial charge is 0.337 e. The van der Waals surface area contributed by atoms with Crippen molar-refractivity contribution in [1.82, 2.24) is 0 Å². The quantitative estimate of drug-likeness (QED) is 0.868. The highest BCUT2D eigenvalue weighted by Gasteiger charge is 2.13. The maximum absolute atomic E-state index is 11.5. The molecule has 0 amide bonds. The summed E-state index contributed by atoms with van der Waals surface area (Å²) in [5, 5.41) is 10.4. The molecule has 0 bridgehead atoms. The first kappa shape index (κ1) is 14.3. The van der Waals surface area contributed by atoms with Crippen molar-refractivity contribution < 1.29 is 14.6 Å². The van der Waals surface area contributed by atoms with Gasteiger partial charge in [0.1, 0.15) is 6.10 Å². The van der Waals surface area contributed by atoms with Gasteiger partial charge in [0.05, 0.1) is 12.7 Å². The lowest BCUT2D eigenvalue weighted by atomic mass is 9.98. The van der Waals surface area contributed by atoms with Crippen LogP contribution in [-0.2, 0) is 11.2 Å². The molecule has 2 rings (SSSR count). The third-order valence-corrected chi connectivity index (χ3v) is 3.33. The van der Waals surface area contributed by atoms with Gasteiger partial charge in [0.25, 0.3) is 0 Å². The molecule has 1 unspecified atom stereocenters. The molecule has 3 heteroatoms. The predicted molar refractivity (Wildman–Crippen MR) is 77.7 cm³/mol. The van der Waals surface area contributed by atoms with Crippen molar-refractivity contribution in [3.63, 3.8) is 0 Å². The van der Waals surface area contributed by atoms with Gasteiger partial charge in [0.15, 0.2) is 0 Å². The van der Waals surface area contributed by atoms with Crippen molar-refractivity contribution in [2.45, 2.75) is 19.4 Å². The first-order chi connectivity index (χ1) is 9.65. The minimum Gasteiger partial charge on any atom is -0.465 e. The largest absolute Gasteiger partial charge is 0.465 e. The number of ether oxygens (including phenoxy) is 1. The molecule has 0 aliphatic rings. The van der Waals surface area contributed by atoms with Crippen molar-refractivity contribution >= 4 is 5.97 Å². The summed E-state index contributed by atoms with van der Waals surface area (Å²) in [6, 6.07) is 14.7. The number of hydrogen-bond acceptors (Lipinski definition) is 3. The number of esters is 1. The number of aliphatic hydroxyl groups is 1. The van der Waals surface area contributed by atoms with Gasteiger partial charge in [0.2, 0.25) is 0 Å². The number of carbonyl (C=O) groups excluding carboxylic acids is 1. The monoisotopic (exact) mass is 270 g/mol. The Labute approximate surface area is 118 Å². The van der Waals surface area contributed by atoms with Crippen LogP contribution in [0.1, 0.15) is 40.1 Å². The van der Waals surface area contributed by atoms with Crippen molar-refractivity contribution in [1.29, 1.82) is 0 Å². The minimum absolute atomic E-state index is 0.402. The Kier molecular flexibility index (Phi) is 4.53. The molecule has 20 heavy (non-hydrogen) atoms. The Morgan fingerprint density at radius 3 is 2.45 bits per heavy atom. The summed E-state index contributed by atoms with van der Waals surface area (Å²) in [5.41, 5.74) is 3.15. The van der Waals surface area contributed by atoms with E-state index in [1.807, 2.05) is 24.3 Å². The van der Waals surface area contributed by atoms with Crippen LogP contribution in [-0.4, -0.2) is 18.2 Å². The lowest BCUT2D eigenvalue weighted by Crippen LogP contribution is -2.05. The number of benzene rings is 2. The fraction of sp³-hybridized carbons (Fsp3) is 0.235. The Morgan fingerprint density at radius 2 is 1.85 bits per heavy atom. The summed E-state index contributed by atoms with van der Waals surface area (Å²) in [5.74, 6) is -0.402. The van der Waals surface area contributed by atoms with E-state index in [-0.39, 0.29) is 0 Å². The fourth-order valence-electron chi connectivity index (χ4n) is 2.08. The Hall–Kier alpha value is -2.13. The van der Waals surface area contributed by atoms with Crippen molar-refractivity contribution in [2.24, 2.45) is 0 Å². The third-order valence-electron chi connectivity index (χ3n) is 3.33.